The molecule has 2 fully saturated rings. The van der Waals surface area contributed by atoms with E-state index in [1.54, 1.807) is 0 Å². The molecule has 0 aromatic heterocycles. The number of amides is 2. The molecule has 0 radical (unpaired) electrons. The van der Waals surface area contributed by atoms with Crippen molar-refractivity contribution in [2.24, 2.45) is 5.41 Å². The standard InChI is InChI=1S/C23H32N4O2/c1-26(2)23(19-7-4-3-5-8-19)12-10-22(11-13-23)17-21(29)27(18-22)16-9-20(28)25-15-6-14-24/h3-5,7-8H,6,9-13,15-18H2,1-2H3,(H,25,28)/t22-,23-. The Labute approximate surface area is 173 Å². The van der Waals surface area contributed by atoms with Gasteiger partial charge in [0.05, 0.1) is 12.5 Å². The van der Waals surface area contributed by atoms with Crippen LogP contribution in [0.2, 0.25) is 0 Å². The minimum atomic E-state index is -0.0895. The normalized spacial score (nSPS) is 26.7. The van der Waals surface area contributed by atoms with Gasteiger partial charge in [-0.3, -0.25) is 14.5 Å². The van der Waals surface area contributed by atoms with Crippen molar-refractivity contribution in [3.8, 4) is 6.07 Å². The molecule has 3 rings (SSSR count). The van der Waals surface area contributed by atoms with E-state index in [0.717, 1.165) is 32.2 Å². The molecule has 1 aromatic rings. The molecular formula is C23H32N4O2. The van der Waals surface area contributed by atoms with Gasteiger partial charge in [-0.1, -0.05) is 30.3 Å². The van der Waals surface area contributed by atoms with Gasteiger partial charge in [0, 0.05) is 38.0 Å². The Kier molecular flexibility index (Phi) is 6.59. The van der Waals surface area contributed by atoms with Crippen LogP contribution in [-0.2, 0) is 15.1 Å². The molecule has 1 saturated carbocycles. The first-order valence-electron chi connectivity index (χ1n) is 10.6. The van der Waals surface area contributed by atoms with Gasteiger partial charge < -0.3 is 10.2 Å². The van der Waals surface area contributed by atoms with Gasteiger partial charge >= 0.3 is 0 Å². The number of hydrogen-bond acceptors (Lipinski definition) is 4. The molecule has 1 saturated heterocycles. The van der Waals surface area contributed by atoms with Crippen LogP contribution < -0.4 is 5.32 Å². The number of nitriles is 1. The van der Waals surface area contributed by atoms with Gasteiger partial charge in [-0.15, -0.1) is 0 Å². The number of carbonyl (C=O) groups excluding carboxylic acids is 2. The summed E-state index contributed by atoms with van der Waals surface area (Å²) in [5.74, 6) is 0.0836. The van der Waals surface area contributed by atoms with E-state index in [1.165, 1.54) is 5.56 Å². The quantitative estimate of drug-likeness (QED) is 0.719. The monoisotopic (exact) mass is 396 g/mol. The van der Waals surface area contributed by atoms with Crippen LogP contribution >= 0.6 is 0 Å². The van der Waals surface area contributed by atoms with Gasteiger partial charge in [-0.05, 0) is 50.8 Å². The van der Waals surface area contributed by atoms with Crippen LogP contribution in [0.1, 0.15) is 50.5 Å². The molecule has 1 aliphatic carbocycles. The summed E-state index contributed by atoms with van der Waals surface area (Å²) in [7, 11) is 4.31. The van der Waals surface area contributed by atoms with Gasteiger partial charge in [0.15, 0.2) is 0 Å². The van der Waals surface area contributed by atoms with Crippen LogP contribution in [0, 0.1) is 16.7 Å². The second kappa shape index (κ2) is 8.96. The lowest BCUT2D eigenvalue weighted by atomic mass is 9.64. The summed E-state index contributed by atoms with van der Waals surface area (Å²) in [5, 5.41) is 11.3. The fourth-order valence-corrected chi connectivity index (χ4v) is 5.04. The van der Waals surface area contributed by atoms with Crippen molar-refractivity contribution >= 4 is 11.8 Å². The fraction of sp³-hybridized carbons (Fsp3) is 0.609. The Morgan fingerprint density at radius 1 is 1.21 bits per heavy atom. The van der Waals surface area contributed by atoms with E-state index in [0.29, 0.717) is 32.4 Å². The molecule has 1 spiro atoms. The number of nitrogens with zero attached hydrogens (tertiary/aromatic N) is 3. The van der Waals surface area contributed by atoms with Crippen LogP contribution in [-0.4, -0.2) is 55.3 Å². The zero-order chi connectivity index (χ0) is 20.9. The number of rotatable bonds is 7. The molecule has 0 atom stereocenters. The highest BCUT2D eigenvalue weighted by Gasteiger charge is 2.50. The van der Waals surface area contributed by atoms with Crippen molar-refractivity contribution in [1.29, 1.82) is 5.26 Å². The average molecular weight is 397 g/mol. The van der Waals surface area contributed by atoms with Crippen molar-refractivity contribution in [2.45, 2.75) is 50.5 Å². The van der Waals surface area contributed by atoms with Crippen LogP contribution in [0.3, 0.4) is 0 Å². The first-order valence-corrected chi connectivity index (χ1v) is 10.6. The minimum Gasteiger partial charge on any atom is -0.355 e. The third-order valence-electron chi connectivity index (χ3n) is 6.88. The summed E-state index contributed by atoms with van der Waals surface area (Å²) in [6, 6.07) is 12.7. The zero-order valence-corrected chi connectivity index (χ0v) is 17.6. The summed E-state index contributed by atoms with van der Waals surface area (Å²) in [6.07, 6.45) is 5.35. The Morgan fingerprint density at radius 3 is 2.52 bits per heavy atom. The number of nitrogens with one attached hydrogen (secondary N) is 1. The number of likely N-dealkylation sites (tertiary alicyclic amines) is 1. The summed E-state index contributed by atoms with van der Waals surface area (Å²) in [5.41, 5.74) is 1.43. The van der Waals surface area contributed by atoms with Crippen molar-refractivity contribution in [3.05, 3.63) is 35.9 Å². The van der Waals surface area contributed by atoms with E-state index in [4.69, 9.17) is 5.26 Å². The van der Waals surface area contributed by atoms with E-state index in [9.17, 15) is 9.59 Å². The van der Waals surface area contributed by atoms with Gasteiger partial charge in [-0.2, -0.15) is 5.26 Å². The molecule has 1 N–H and O–H groups in total. The van der Waals surface area contributed by atoms with E-state index >= 15 is 0 Å². The number of benzene rings is 1. The highest BCUT2D eigenvalue weighted by atomic mass is 16.2. The van der Waals surface area contributed by atoms with Gasteiger partial charge in [0.1, 0.15) is 0 Å². The molecule has 6 heteroatoms. The zero-order valence-electron chi connectivity index (χ0n) is 17.6. The molecule has 2 amide bonds. The molecule has 0 bridgehead atoms. The largest absolute Gasteiger partial charge is 0.355 e. The third kappa shape index (κ3) is 4.62. The first kappa shape index (κ1) is 21.3. The van der Waals surface area contributed by atoms with E-state index in [2.05, 4.69) is 54.6 Å². The van der Waals surface area contributed by atoms with Crippen LogP contribution in [0.15, 0.2) is 30.3 Å². The maximum Gasteiger partial charge on any atom is 0.223 e. The van der Waals surface area contributed by atoms with Crippen LogP contribution in [0.4, 0.5) is 0 Å². The average Bonchev–Trinajstić information content (AvgIpc) is 3.03. The van der Waals surface area contributed by atoms with Gasteiger partial charge in [0.25, 0.3) is 0 Å². The van der Waals surface area contributed by atoms with Crippen molar-refractivity contribution in [2.75, 3.05) is 33.7 Å². The number of hydrogen-bond donors (Lipinski definition) is 1. The molecule has 1 aromatic carbocycles. The Morgan fingerprint density at radius 2 is 1.90 bits per heavy atom. The smallest absolute Gasteiger partial charge is 0.223 e. The van der Waals surface area contributed by atoms with E-state index in [1.807, 2.05) is 11.0 Å². The van der Waals surface area contributed by atoms with Gasteiger partial charge in [-0.25, -0.2) is 0 Å². The fourth-order valence-electron chi connectivity index (χ4n) is 5.04. The summed E-state index contributed by atoms with van der Waals surface area (Å²) in [6.45, 7) is 1.60. The van der Waals surface area contributed by atoms with Crippen molar-refractivity contribution in [1.82, 2.24) is 15.1 Å². The first-order chi connectivity index (χ1) is 13.9. The predicted octanol–water partition coefficient (Wildman–Crippen LogP) is 2.66. The molecule has 6 nitrogen and oxygen atoms in total. The Balaban J connectivity index is 1.59. The summed E-state index contributed by atoms with van der Waals surface area (Å²) >= 11 is 0. The molecule has 0 unspecified atom stereocenters. The maximum absolute atomic E-state index is 12.6. The lowest BCUT2D eigenvalue weighted by Gasteiger charge is -2.48. The maximum atomic E-state index is 12.6. The molecule has 29 heavy (non-hydrogen) atoms. The second-order valence-electron chi connectivity index (χ2n) is 8.79. The summed E-state index contributed by atoms with van der Waals surface area (Å²) < 4.78 is 0. The molecular weight excluding hydrogens is 364 g/mol. The minimum absolute atomic E-state index is 0.0314. The molecule has 1 aliphatic heterocycles. The van der Waals surface area contributed by atoms with E-state index in [-0.39, 0.29) is 22.8 Å². The predicted molar refractivity (Wildman–Crippen MR) is 112 cm³/mol. The molecule has 156 valence electrons. The summed E-state index contributed by atoms with van der Waals surface area (Å²) in [4.78, 5) is 28.7. The SMILES string of the molecule is CN(C)[C@]1(c2ccccc2)CC[C@@]2(CC1)CC(=O)N(CCC(=O)NCCC#N)C2. The Bertz CT molecular complexity index is 761. The van der Waals surface area contributed by atoms with Crippen molar-refractivity contribution in [3.63, 3.8) is 0 Å². The highest BCUT2D eigenvalue weighted by molar-refractivity contribution is 5.81. The van der Waals surface area contributed by atoms with Crippen LogP contribution in [0.5, 0.6) is 0 Å². The number of carbonyl (C=O) groups is 2. The van der Waals surface area contributed by atoms with Crippen LogP contribution in [0.25, 0.3) is 0 Å². The van der Waals surface area contributed by atoms with Crippen molar-refractivity contribution < 1.29 is 9.59 Å². The Hall–Kier alpha value is -2.39. The van der Waals surface area contributed by atoms with E-state index < -0.39 is 0 Å². The van der Waals surface area contributed by atoms with Gasteiger partial charge in [0.2, 0.25) is 11.8 Å². The topological polar surface area (TPSA) is 76.4 Å². The molecule has 2 aliphatic rings. The lowest BCUT2D eigenvalue weighted by Crippen LogP contribution is -2.47. The molecule has 1 heterocycles. The third-order valence-corrected chi connectivity index (χ3v) is 6.88. The lowest BCUT2D eigenvalue weighted by molar-refractivity contribution is -0.128. The second-order valence-corrected chi connectivity index (χ2v) is 8.79. The highest BCUT2D eigenvalue weighted by Crippen LogP contribution is 2.52.